The normalized spacial score (nSPS) is 18.1. The molecular weight excluding hydrogens is 202 g/mol. The van der Waals surface area contributed by atoms with Gasteiger partial charge in [0, 0.05) is 11.3 Å². The molecule has 1 fully saturated rings. The summed E-state index contributed by atoms with van der Waals surface area (Å²) in [5.74, 6) is -0.441. The lowest BCUT2D eigenvalue weighted by Gasteiger charge is -2.02. The van der Waals surface area contributed by atoms with Gasteiger partial charge in [-0.1, -0.05) is 0 Å². The van der Waals surface area contributed by atoms with E-state index >= 15 is 0 Å². The predicted molar refractivity (Wildman–Crippen MR) is 51.3 cm³/mol. The summed E-state index contributed by atoms with van der Waals surface area (Å²) in [6.07, 6.45) is 1.11. The van der Waals surface area contributed by atoms with Crippen LogP contribution in [0.2, 0.25) is 0 Å². The van der Waals surface area contributed by atoms with E-state index in [1.807, 2.05) is 0 Å². The van der Waals surface area contributed by atoms with Gasteiger partial charge in [0.2, 0.25) is 0 Å². The van der Waals surface area contributed by atoms with Gasteiger partial charge >= 0.3 is 5.97 Å². The molecule has 0 amide bonds. The molecule has 76 valence electrons. The molecule has 1 aliphatic rings. The first kappa shape index (κ1) is 9.61. The van der Waals surface area contributed by atoms with Crippen molar-refractivity contribution in [1.29, 1.82) is 0 Å². The molecular formula is C9H11NO3S. The molecule has 1 saturated carbocycles. The summed E-state index contributed by atoms with van der Waals surface area (Å²) in [5, 5.41) is 20.7. The largest absolute Gasteiger partial charge is 0.481 e. The number of hydrogen-bond acceptors (Lipinski definition) is 4. The molecule has 2 N–H and O–H groups in total. The molecule has 0 bridgehead atoms. The van der Waals surface area contributed by atoms with Crippen LogP contribution in [0.3, 0.4) is 0 Å². The quantitative estimate of drug-likeness (QED) is 0.795. The third kappa shape index (κ3) is 2.10. The number of aliphatic carboxylic acids is 1. The van der Waals surface area contributed by atoms with Gasteiger partial charge in [0.05, 0.1) is 17.1 Å². The summed E-state index contributed by atoms with van der Waals surface area (Å²) in [4.78, 5) is 14.6. The van der Waals surface area contributed by atoms with Crippen molar-refractivity contribution in [3.8, 4) is 0 Å². The van der Waals surface area contributed by atoms with Gasteiger partial charge in [-0.05, 0) is 12.8 Å². The number of thiazole rings is 1. The minimum atomic E-state index is -1.00. The highest BCUT2D eigenvalue weighted by Gasteiger charge is 2.27. The van der Waals surface area contributed by atoms with Crippen LogP contribution in [0.15, 0.2) is 5.38 Å². The van der Waals surface area contributed by atoms with Gasteiger partial charge in [-0.2, -0.15) is 0 Å². The Hall–Kier alpha value is -0.940. The Labute approximate surface area is 85.2 Å². The second-order valence-corrected chi connectivity index (χ2v) is 4.39. The summed E-state index contributed by atoms with van der Waals surface area (Å²) in [5.41, 5.74) is 0.499. The summed E-state index contributed by atoms with van der Waals surface area (Å²) in [6.45, 7) is 0. The Bertz CT molecular complexity index is 346. The number of hydrogen-bond donors (Lipinski definition) is 2. The second-order valence-electron chi connectivity index (χ2n) is 3.50. The molecule has 1 unspecified atom stereocenters. The van der Waals surface area contributed by atoms with E-state index in [1.165, 1.54) is 24.2 Å². The van der Waals surface area contributed by atoms with E-state index in [-0.39, 0.29) is 6.42 Å². The molecule has 2 rings (SSSR count). The minimum absolute atomic E-state index is 0.270. The number of carbonyl (C=O) groups is 1. The van der Waals surface area contributed by atoms with Gasteiger partial charge in [-0.25, -0.2) is 4.98 Å². The number of aliphatic hydroxyl groups is 1. The van der Waals surface area contributed by atoms with Crippen LogP contribution in [0.4, 0.5) is 0 Å². The van der Waals surface area contributed by atoms with Crippen LogP contribution in [0.25, 0.3) is 0 Å². The van der Waals surface area contributed by atoms with Crippen molar-refractivity contribution in [2.24, 2.45) is 0 Å². The first-order chi connectivity index (χ1) is 6.66. The third-order valence-corrected chi connectivity index (χ3v) is 3.20. The highest BCUT2D eigenvalue weighted by atomic mass is 32.1. The molecule has 14 heavy (non-hydrogen) atoms. The molecule has 1 heterocycles. The van der Waals surface area contributed by atoms with E-state index < -0.39 is 12.1 Å². The van der Waals surface area contributed by atoms with Crippen molar-refractivity contribution in [1.82, 2.24) is 4.98 Å². The smallest absolute Gasteiger partial charge is 0.306 e. The van der Waals surface area contributed by atoms with E-state index in [9.17, 15) is 9.90 Å². The summed E-state index contributed by atoms with van der Waals surface area (Å²) >= 11 is 1.51. The van der Waals surface area contributed by atoms with Crippen LogP contribution in [0.1, 0.15) is 42.0 Å². The van der Waals surface area contributed by atoms with E-state index in [1.54, 1.807) is 5.38 Å². The SMILES string of the molecule is O=C(O)CC(O)c1csc(C2CC2)n1. The first-order valence-corrected chi connectivity index (χ1v) is 5.40. The zero-order chi connectivity index (χ0) is 10.1. The Balaban J connectivity index is 2.03. The zero-order valence-corrected chi connectivity index (χ0v) is 8.33. The van der Waals surface area contributed by atoms with Crippen LogP contribution in [0.5, 0.6) is 0 Å². The van der Waals surface area contributed by atoms with Gasteiger partial charge in [0.1, 0.15) is 6.10 Å². The maximum Gasteiger partial charge on any atom is 0.306 e. The number of nitrogens with zero attached hydrogens (tertiary/aromatic N) is 1. The van der Waals surface area contributed by atoms with Crippen molar-refractivity contribution in [2.45, 2.75) is 31.3 Å². The Morgan fingerprint density at radius 3 is 3.00 bits per heavy atom. The number of carboxylic acids is 1. The lowest BCUT2D eigenvalue weighted by atomic mass is 10.2. The Morgan fingerprint density at radius 2 is 2.43 bits per heavy atom. The zero-order valence-electron chi connectivity index (χ0n) is 7.51. The average Bonchev–Trinajstić information content (AvgIpc) is 2.82. The van der Waals surface area contributed by atoms with Crippen LogP contribution in [-0.2, 0) is 4.79 Å². The summed E-state index contributed by atoms with van der Waals surface area (Å²) < 4.78 is 0. The molecule has 1 aromatic heterocycles. The van der Waals surface area contributed by atoms with Gasteiger partial charge in [-0.15, -0.1) is 11.3 Å². The standard InChI is InChI=1S/C9H11NO3S/c11-7(3-8(12)13)6-4-14-9(10-6)5-1-2-5/h4-5,7,11H,1-3H2,(H,12,13). The molecule has 4 nitrogen and oxygen atoms in total. The van der Waals surface area contributed by atoms with E-state index in [0.717, 1.165) is 5.01 Å². The van der Waals surface area contributed by atoms with Crippen LogP contribution in [0, 0.1) is 0 Å². The van der Waals surface area contributed by atoms with Crippen molar-refractivity contribution in [2.75, 3.05) is 0 Å². The van der Waals surface area contributed by atoms with Gasteiger partial charge in [-0.3, -0.25) is 4.79 Å². The second kappa shape index (κ2) is 3.67. The van der Waals surface area contributed by atoms with Crippen molar-refractivity contribution in [3.63, 3.8) is 0 Å². The number of aliphatic hydroxyl groups excluding tert-OH is 1. The van der Waals surface area contributed by atoms with E-state index in [4.69, 9.17) is 5.11 Å². The Morgan fingerprint density at radius 1 is 1.71 bits per heavy atom. The number of carboxylic acid groups (broad SMARTS) is 1. The molecule has 1 aromatic rings. The lowest BCUT2D eigenvalue weighted by Crippen LogP contribution is -2.05. The fourth-order valence-electron chi connectivity index (χ4n) is 1.24. The molecule has 1 atom stereocenters. The molecule has 1 aliphatic carbocycles. The lowest BCUT2D eigenvalue weighted by molar-refractivity contribution is -0.139. The minimum Gasteiger partial charge on any atom is -0.481 e. The highest BCUT2D eigenvalue weighted by Crippen LogP contribution is 2.41. The van der Waals surface area contributed by atoms with Crippen LogP contribution < -0.4 is 0 Å². The van der Waals surface area contributed by atoms with E-state index in [2.05, 4.69) is 4.98 Å². The number of rotatable bonds is 4. The molecule has 5 heteroatoms. The van der Waals surface area contributed by atoms with Crippen molar-refractivity contribution in [3.05, 3.63) is 16.1 Å². The van der Waals surface area contributed by atoms with Gasteiger partial charge < -0.3 is 10.2 Å². The Kier molecular flexibility index (Phi) is 2.52. The average molecular weight is 213 g/mol. The molecule has 0 saturated heterocycles. The summed E-state index contributed by atoms with van der Waals surface area (Å²) in [6, 6.07) is 0. The monoisotopic (exact) mass is 213 g/mol. The van der Waals surface area contributed by atoms with Gasteiger partial charge in [0.15, 0.2) is 0 Å². The topological polar surface area (TPSA) is 70.4 Å². The highest BCUT2D eigenvalue weighted by molar-refractivity contribution is 7.09. The van der Waals surface area contributed by atoms with E-state index in [0.29, 0.717) is 11.6 Å². The van der Waals surface area contributed by atoms with Crippen molar-refractivity contribution >= 4 is 17.3 Å². The molecule has 0 aromatic carbocycles. The van der Waals surface area contributed by atoms with Crippen LogP contribution >= 0.6 is 11.3 Å². The molecule has 0 spiro atoms. The summed E-state index contributed by atoms with van der Waals surface area (Å²) in [7, 11) is 0. The van der Waals surface area contributed by atoms with Crippen molar-refractivity contribution < 1.29 is 15.0 Å². The fraction of sp³-hybridized carbons (Fsp3) is 0.556. The molecule has 0 aliphatic heterocycles. The van der Waals surface area contributed by atoms with Crippen LogP contribution in [-0.4, -0.2) is 21.2 Å². The van der Waals surface area contributed by atoms with Gasteiger partial charge in [0.25, 0.3) is 0 Å². The third-order valence-electron chi connectivity index (χ3n) is 2.18. The first-order valence-electron chi connectivity index (χ1n) is 4.52. The maximum atomic E-state index is 10.4. The predicted octanol–water partition coefficient (Wildman–Crippen LogP) is 1.53. The number of aromatic nitrogens is 1. The molecule has 0 radical (unpaired) electrons. The maximum absolute atomic E-state index is 10.4. The fourth-order valence-corrected chi connectivity index (χ4v) is 2.28.